The number of nitrogens with one attached hydrogen (secondary N) is 2. The normalized spacial score (nSPS) is 19.6. The fraction of sp³-hybridized carbons (Fsp3) is 0.500. The Hall–Kier alpha value is -2.48. The molecule has 8 nitrogen and oxygen atoms in total. The summed E-state index contributed by atoms with van der Waals surface area (Å²) in [6, 6.07) is 0. The predicted molar refractivity (Wildman–Crippen MR) is 88.7 cm³/mol. The third kappa shape index (κ3) is 3.38. The van der Waals surface area contributed by atoms with Gasteiger partial charge in [-0.25, -0.2) is 4.98 Å². The van der Waals surface area contributed by atoms with Crippen LogP contribution in [0.5, 0.6) is 0 Å². The number of aryl methyl sites for hydroxylation is 1. The molecule has 0 fully saturated rings. The van der Waals surface area contributed by atoms with Crippen LogP contribution in [-0.2, 0) is 18.2 Å². The molecule has 1 aliphatic heterocycles. The third-order valence-electron chi connectivity index (χ3n) is 3.98. The molecule has 0 radical (unpaired) electrons. The first kappa shape index (κ1) is 16.4. The molecule has 24 heavy (non-hydrogen) atoms. The number of aromatic nitrogens is 4. The van der Waals surface area contributed by atoms with Crippen LogP contribution in [0, 0.1) is 0 Å². The summed E-state index contributed by atoms with van der Waals surface area (Å²) in [4.78, 5) is 20.7. The summed E-state index contributed by atoms with van der Waals surface area (Å²) in [5.41, 5.74) is 2.47. The monoisotopic (exact) mass is 330 g/mol. The summed E-state index contributed by atoms with van der Waals surface area (Å²) in [6.07, 6.45) is 5.57. The maximum atomic E-state index is 12.6. The van der Waals surface area contributed by atoms with Gasteiger partial charge in [-0.05, 0) is 13.8 Å². The molecule has 1 amide bonds. The van der Waals surface area contributed by atoms with Crippen molar-refractivity contribution in [1.29, 1.82) is 0 Å². The van der Waals surface area contributed by atoms with Crippen LogP contribution in [0.1, 0.15) is 41.7 Å². The quantitative estimate of drug-likeness (QED) is 0.797. The number of ether oxygens (including phenoxy) is 1. The number of rotatable bonds is 5. The van der Waals surface area contributed by atoms with E-state index in [0.29, 0.717) is 31.0 Å². The molecule has 0 unspecified atom stereocenters. The largest absolute Gasteiger partial charge is 0.369 e. The number of hydrogen-bond acceptors (Lipinski definition) is 6. The average Bonchev–Trinajstić information content (AvgIpc) is 2.89. The lowest BCUT2D eigenvalue weighted by Gasteiger charge is -2.24. The maximum Gasteiger partial charge on any atom is 0.269 e. The Bertz CT molecular complexity index is 715. The molecule has 2 N–H and O–H groups in total. The van der Waals surface area contributed by atoms with E-state index in [-0.39, 0.29) is 18.1 Å². The molecule has 2 aromatic heterocycles. The van der Waals surface area contributed by atoms with Gasteiger partial charge in [0.05, 0.1) is 24.1 Å². The van der Waals surface area contributed by atoms with Crippen LogP contribution >= 0.6 is 0 Å². The summed E-state index contributed by atoms with van der Waals surface area (Å²) in [6.45, 7) is 5.03. The number of fused-ring (bicyclic) bond motifs is 1. The van der Waals surface area contributed by atoms with Crippen molar-refractivity contribution < 1.29 is 9.53 Å². The van der Waals surface area contributed by atoms with Gasteiger partial charge in [-0.15, -0.1) is 0 Å². The minimum absolute atomic E-state index is 0.0848. The van der Waals surface area contributed by atoms with Crippen molar-refractivity contribution in [1.82, 2.24) is 25.1 Å². The number of hydrogen-bond donors (Lipinski definition) is 2. The van der Waals surface area contributed by atoms with Crippen molar-refractivity contribution in [3.8, 4) is 0 Å². The van der Waals surface area contributed by atoms with Gasteiger partial charge in [-0.3, -0.25) is 14.5 Å². The summed E-state index contributed by atoms with van der Waals surface area (Å²) >= 11 is 0. The van der Waals surface area contributed by atoms with Gasteiger partial charge in [0, 0.05) is 44.5 Å². The first-order valence-corrected chi connectivity index (χ1v) is 8.05. The first-order chi connectivity index (χ1) is 11.6. The Kier molecular flexibility index (Phi) is 4.75. The van der Waals surface area contributed by atoms with Crippen molar-refractivity contribution in [2.24, 2.45) is 7.05 Å². The van der Waals surface area contributed by atoms with E-state index >= 15 is 0 Å². The minimum Gasteiger partial charge on any atom is -0.369 e. The van der Waals surface area contributed by atoms with E-state index in [0.717, 1.165) is 11.3 Å². The van der Waals surface area contributed by atoms with Crippen molar-refractivity contribution in [2.75, 3.05) is 18.4 Å². The van der Waals surface area contributed by atoms with Crippen LogP contribution in [0.3, 0.4) is 0 Å². The second kappa shape index (κ2) is 6.96. The molecule has 0 saturated heterocycles. The second-order valence-electron chi connectivity index (χ2n) is 5.90. The molecule has 0 aliphatic carbocycles. The number of anilines is 1. The van der Waals surface area contributed by atoms with Crippen LogP contribution in [0.2, 0.25) is 0 Å². The van der Waals surface area contributed by atoms with Crippen molar-refractivity contribution in [3.63, 3.8) is 0 Å². The molecular weight excluding hydrogens is 308 g/mol. The molecule has 0 saturated carbocycles. The van der Waals surface area contributed by atoms with Gasteiger partial charge in [0.15, 0.2) is 0 Å². The predicted octanol–water partition coefficient (Wildman–Crippen LogP) is 1.07. The number of amides is 1. The number of carbonyl (C=O) groups is 1. The molecule has 8 heteroatoms. The Morgan fingerprint density at radius 3 is 2.96 bits per heavy atom. The highest BCUT2D eigenvalue weighted by molar-refractivity contribution is 5.94. The molecule has 0 bridgehead atoms. The van der Waals surface area contributed by atoms with E-state index in [1.54, 1.807) is 30.3 Å². The zero-order chi connectivity index (χ0) is 17.1. The Morgan fingerprint density at radius 2 is 2.21 bits per heavy atom. The van der Waals surface area contributed by atoms with Gasteiger partial charge in [-0.2, -0.15) is 5.10 Å². The topological polar surface area (TPSA) is 94.0 Å². The summed E-state index contributed by atoms with van der Waals surface area (Å²) in [5.74, 6) is 0.568. The Balaban J connectivity index is 1.61. The zero-order valence-corrected chi connectivity index (χ0v) is 14.1. The van der Waals surface area contributed by atoms with Crippen LogP contribution in [0.25, 0.3) is 0 Å². The minimum atomic E-state index is -0.117. The molecule has 0 aromatic carbocycles. The van der Waals surface area contributed by atoms with Crippen molar-refractivity contribution in [2.45, 2.75) is 32.5 Å². The van der Waals surface area contributed by atoms with E-state index in [2.05, 4.69) is 25.7 Å². The zero-order valence-electron chi connectivity index (χ0n) is 14.1. The highest BCUT2D eigenvalue weighted by Gasteiger charge is 2.31. The van der Waals surface area contributed by atoms with Crippen LogP contribution in [0.15, 0.2) is 18.6 Å². The van der Waals surface area contributed by atoms with E-state index < -0.39 is 0 Å². The highest BCUT2D eigenvalue weighted by atomic mass is 16.5. The van der Waals surface area contributed by atoms with Gasteiger partial charge in [0.25, 0.3) is 5.91 Å². The lowest BCUT2D eigenvalue weighted by molar-refractivity contribution is -0.00709. The number of nitrogens with zero attached hydrogens (tertiary/aromatic N) is 4. The molecule has 128 valence electrons. The summed E-state index contributed by atoms with van der Waals surface area (Å²) in [5, 5.41) is 10.5. The second-order valence-corrected chi connectivity index (χ2v) is 5.90. The standard InChI is InChI=1S/C16H22N6O2/c1-10-8-12-14(11(2)24-10)21-22(3)15(12)16(23)20-7-6-19-13-9-17-4-5-18-13/h4-5,9-11H,6-8H2,1-3H3,(H,18,19)(H,20,23)/t10-,11+/m1/s1. The van der Waals surface area contributed by atoms with Crippen molar-refractivity contribution in [3.05, 3.63) is 35.5 Å². The van der Waals surface area contributed by atoms with E-state index in [9.17, 15) is 4.79 Å². The maximum absolute atomic E-state index is 12.6. The fourth-order valence-corrected chi connectivity index (χ4v) is 2.99. The lowest BCUT2D eigenvalue weighted by Crippen LogP contribution is -2.32. The van der Waals surface area contributed by atoms with E-state index in [4.69, 9.17) is 4.74 Å². The molecule has 1 aliphatic rings. The van der Waals surface area contributed by atoms with Gasteiger partial charge >= 0.3 is 0 Å². The fourth-order valence-electron chi connectivity index (χ4n) is 2.99. The molecular formula is C16H22N6O2. The number of carbonyl (C=O) groups excluding carboxylic acids is 1. The Labute approximate surface area is 140 Å². The third-order valence-corrected chi connectivity index (χ3v) is 3.98. The Morgan fingerprint density at radius 1 is 1.38 bits per heavy atom. The summed E-state index contributed by atoms with van der Waals surface area (Å²) in [7, 11) is 1.79. The smallest absolute Gasteiger partial charge is 0.269 e. The molecule has 2 atom stereocenters. The lowest BCUT2D eigenvalue weighted by atomic mass is 9.99. The van der Waals surface area contributed by atoms with Gasteiger partial charge in [0.2, 0.25) is 0 Å². The van der Waals surface area contributed by atoms with Crippen LogP contribution in [-0.4, -0.2) is 44.8 Å². The summed E-state index contributed by atoms with van der Waals surface area (Å²) < 4.78 is 7.42. The SMILES string of the molecule is C[C@@H]1Cc2c(nn(C)c2C(=O)NCCNc2cnccn2)[C@H](C)O1. The van der Waals surface area contributed by atoms with Crippen LogP contribution in [0.4, 0.5) is 5.82 Å². The first-order valence-electron chi connectivity index (χ1n) is 8.05. The highest BCUT2D eigenvalue weighted by Crippen LogP contribution is 2.30. The van der Waals surface area contributed by atoms with E-state index in [1.807, 2.05) is 13.8 Å². The van der Waals surface area contributed by atoms with Gasteiger partial charge in [-0.1, -0.05) is 0 Å². The van der Waals surface area contributed by atoms with Crippen molar-refractivity contribution >= 4 is 11.7 Å². The van der Waals surface area contributed by atoms with E-state index in [1.165, 1.54) is 0 Å². The molecule has 3 heterocycles. The molecule has 2 aromatic rings. The van der Waals surface area contributed by atoms with Crippen LogP contribution < -0.4 is 10.6 Å². The average molecular weight is 330 g/mol. The van der Waals surface area contributed by atoms with Gasteiger partial charge < -0.3 is 15.4 Å². The molecule has 0 spiro atoms. The van der Waals surface area contributed by atoms with Gasteiger partial charge in [0.1, 0.15) is 11.5 Å². The molecule has 3 rings (SSSR count).